The maximum absolute atomic E-state index is 14.3. The van der Waals surface area contributed by atoms with Gasteiger partial charge in [0, 0.05) is 31.8 Å². The van der Waals surface area contributed by atoms with Gasteiger partial charge in [-0.3, -0.25) is 0 Å². The summed E-state index contributed by atoms with van der Waals surface area (Å²) in [5.41, 5.74) is -0.171. The number of halogens is 3. The highest BCUT2D eigenvalue weighted by atomic mass is 35.5. The Morgan fingerprint density at radius 3 is 2.39 bits per heavy atom. The van der Waals surface area contributed by atoms with Crippen molar-refractivity contribution in [3.05, 3.63) is 64.8 Å². The van der Waals surface area contributed by atoms with Gasteiger partial charge in [-0.25, -0.2) is 18.4 Å². The molecule has 0 aliphatic carbocycles. The number of ether oxygens (including phenoxy) is 3. The fourth-order valence-electron chi connectivity index (χ4n) is 2.29. The zero-order valence-electron chi connectivity index (χ0n) is 14.7. The summed E-state index contributed by atoms with van der Waals surface area (Å²) in [4.78, 5) is 23.7. The average Bonchev–Trinajstić information content (AvgIpc) is 2.59. The summed E-state index contributed by atoms with van der Waals surface area (Å²) in [6, 6.07) is 7.79. The van der Waals surface area contributed by atoms with Crippen LogP contribution in [-0.2, 0) is 19.1 Å². The van der Waals surface area contributed by atoms with E-state index in [0.717, 1.165) is 12.3 Å². The van der Waals surface area contributed by atoms with Crippen molar-refractivity contribution in [1.29, 1.82) is 0 Å². The van der Waals surface area contributed by atoms with Gasteiger partial charge in [-0.1, -0.05) is 17.7 Å². The molecule has 2 aromatic carbocycles. The molecule has 0 radical (unpaired) electrons. The molecule has 2 aromatic rings. The Morgan fingerprint density at radius 1 is 1.07 bits per heavy atom. The summed E-state index contributed by atoms with van der Waals surface area (Å²) in [6.07, 6.45) is 1.05. The molecule has 0 spiro atoms. The average molecular weight is 410 g/mol. The second kappa shape index (κ2) is 7.47. The number of carbonyl (C=O) groups excluding carboxylic acids is 2. The van der Waals surface area contributed by atoms with Crippen LogP contribution in [0.4, 0.5) is 14.5 Å². The van der Waals surface area contributed by atoms with Crippen molar-refractivity contribution in [2.45, 2.75) is 19.6 Å². The van der Waals surface area contributed by atoms with E-state index in [9.17, 15) is 18.4 Å². The molecule has 0 amide bonds. The number of hydrogen-bond acceptors (Lipinski definition) is 6. The topological polar surface area (TPSA) is 73.9 Å². The molecule has 146 valence electrons. The van der Waals surface area contributed by atoms with E-state index in [-0.39, 0.29) is 27.8 Å². The Kier molecular flexibility index (Phi) is 5.24. The Bertz CT molecular complexity index is 968. The molecular weight excluding hydrogens is 396 g/mol. The Labute approximate surface area is 163 Å². The Morgan fingerprint density at radius 2 is 1.75 bits per heavy atom. The summed E-state index contributed by atoms with van der Waals surface area (Å²) >= 11 is 5.66. The van der Waals surface area contributed by atoms with Crippen LogP contribution in [0.3, 0.4) is 0 Å². The van der Waals surface area contributed by atoms with Gasteiger partial charge in [-0.2, -0.15) is 0 Å². The summed E-state index contributed by atoms with van der Waals surface area (Å²) in [5.74, 6) is -5.18. The molecule has 6 nitrogen and oxygen atoms in total. The third-order valence-corrected chi connectivity index (χ3v) is 3.86. The van der Waals surface area contributed by atoms with Crippen molar-refractivity contribution in [3.63, 3.8) is 0 Å². The van der Waals surface area contributed by atoms with Crippen LogP contribution in [-0.4, -0.2) is 17.7 Å². The smallest absolute Gasteiger partial charge is 0.350 e. The fraction of sp³-hybridized carbons (Fsp3) is 0.158. The first-order valence-electron chi connectivity index (χ1n) is 8.01. The fourth-order valence-corrected chi connectivity index (χ4v) is 2.45. The van der Waals surface area contributed by atoms with Crippen molar-refractivity contribution in [1.82, 2.24) is 0 Å². The van der Waals surface area contributed by atoms with Gasteiger partial charge >= 0.3 is 11.9 Å². The minimum atomic E-state index is -1.35. The van der Waals surface area contributed by atoms with Crippen LogP contribution in [0.15, 0.2) is 48.2 Å². The largest absolute Gasteiger partial charge is 0.451 e. The highest BCUT2D eigenvalue weighted by Crippen LogP contribution is 2.31. The second-order valence-electron chi connectivity index (χ2n) is 6.18. The number of hydrogen-bond donors (Lipinski definition) is 1. The summed E-state index contributed by atoms with van der Waals surface area (Å²) in [6.45, 7) is 2.84. The highest BCUT2D eigenvalue weighted by Gasteiger charge is 2.38. The summed E-state index contributed by atoms with van der Waals surface area (Å²) < 4.78 is 43.2. The standard InChI is InChI=1S/C19H14ClF2NO5/c1-19(2)27-17(24)11(18(25)28-19)9-23-10-6-7-14(13(21)8-10)26-15-5-3-4-12(20)16(15)22/h3-9,23H,1-2H3. The molecule has 3 rings (SSSR count). The molecule has 0 atom stereocenters. The van der Waals surface area contributed by atoms with Crippen molar-refractivity contribution in [3.8, 4) is 11.5 Å². The number of rotatable bonds is 4. The number of anilines is 1. The van der Waals surface area contributed by atoms with Gasteiger partial charge in [0.2, 0.25) is 0 Å². The number of cyclic esters (lactones) is 2. The highest BCUT2D eigenvalue weighted by molar-refractivity contribution is 6.30. The minimum absolute atomic E-state index is 0.155. The van der Waals surface area contributed by atoms with Gasteiger partial charge in [0.05, 0.1) is 5.02 Å². The molecule has 0 bridgehead atoms. The normalized spacial score (nSPS) is 15.5. The lowest BCUT2D eigenvalue weighted by Crippen LogP contribution is -2.42. The SMILES string of the molecule is CC1(C)OC(=O)C(=CNc2ccc(Oc3cccc(Cl)c3F)c(F)c2)C(=O)O1. The van der Waals surface area contributed by atoms with E-state index in [1.807, 2.05) is 0 Å². The monoisotopic (exact) mass is 409 g/mol. The number of benzene rings is 2. The molecule has 0 aromatic heterocycles. The van der Waals surface area contributed by atoms with Crippen LogP contribution < -0.4 is 10.1 Å². The van der Waals surface area contributed by atoms with E-state index in [4.69, 9.17) is 25.8 Å². The second-order valence-corrected chi connectivity index (χ2v) is 6.59. The number of esters is 2. The van der Waals surface area contributed by atoms with E-state index in [1.54, 1.807) is 0 Å². The molecule has 1 aliphatic heterocycles. The maximum Gasteiger partial charge on any atom is 0.350 e. The maximum atomic E-state index is 14.3. The minimum Gasteiger partial charge on any atom is -0.451 e. The van der Waals surface area contributed by atoms with E-state index in [1.165, 1.54) is 44.2 Å². The predicted molar refractivity (Wildman–Crippen MR) is 95.9 cm³/mol. The lowest BCUT2D eigenvalue weighted by Gasteiger charge is -2.29. The van der Waals surface area contributed by atoms with E-state index >= 15 is 0 Å². The van der Waals surface area contributed by atoms with Crippen LogP contribution >= 0.6 is 11.6 Å². The van der Waals surface area contributed by atoms with Gasteiger partial charge in [0.25, 0.3) is 5.79 Å². The number of nitrogens with one attached hydrogen (secondary N) is 1. The molecule has 28 heavy (non-hydrogen) atoms. The van der Waals surface area contributed by atoms with Gasteiger partial charge in [0.15, 0.2) is 28.7 Å². The van der Waals surface area contributed by atoms with E-state index in [2.05, 4.69) is 5.32 Å². The van der Waals surface area contributed by atoms with Crippen LogP contribution in [0.2, 0.25) is 5.02 Å². The van der Waals surface area contributed by atoms with Crippen molar-refractivity contribution < 1.29 is 32.6 Å². The van der Waals surface area contributed by atoms with E-state index in [0.29, 0.717) is 0 Å². The molecule has 1 N–H and O–H groups in total. The lowest BCUT2D eigenvalue weighted by molar-refractivity contribution is -0.222. The van der Waals surface area contributed by atoms with Gasteiger partial charge in [0.1, 0.15) is 0 Å². The Balaban J connectivity index is 1.75. The van der Waals surface area contributed by atoms with Crippen molar-refractivity contribution >= 4 is 29.2 Å². The molecule has 9 heteroatoms. The third kappa shape index (κ3) is 4.23. The van der Waals surface area contributed by atoms with Gasteiger partial charge in [-0.05, 0) is 24.3 Å². The molecular formula is C19H14ClF2NO5. The first-order valence-corrected chi connectivity index (χ1v) is 8.39. The zero-order chi connectivity index (χ0) is 20.5. The molecule has 1 saturated heterocycles. The summed E-state index contributed by atoms with van der Waals surface area (Å²) in [7, 11) is 0. The van der Waals surface area contributed by atoms with Crippen LogP contribution in [0.25, 0.3) is 0 Å². The molecule has 1 aliphatic rings. The predicted octanol–water partition coefficient (Wildman–Crippen LogP) is 4.54. The van der Waals surface area contributed by atoms with Gasteiger partial charge < -0.3 is 19.5 Å². The summed E-state index contributed by atoms with van der Waals surface area (Å²) in [5, 5.41) is 2.45. The van der Waals surface area contributed by atoms with Crippen LogP contribution in [0, 0.1) is 11.6 Å². The van der Waals surface area contributed by atoms with Crippen molar-refractivity contribution in [2.75, 3.05) is 5.32 Å². The first kappa shape index (κ1) is 19.6. The van der Waals surface area contributed by atoms with Gasteiger partial charge in [-0.15, -0.1) is 0 Å². The molecule has 0 saturated carbocycles. The van der Waals surface area contributed by atoms with Crippen LogP contribution in [0.1, 0.15) is 13.8 Å². The van der Waals surface area contributed by atoms with E-state index < -0.39 is 29.4 Å². The lowest BCUT2D eigenvalue weighted by atomic mass is 10.2. The molecule has 1 heterocycles. The Hall–Kier alpha value is -3.13. The molecule has 1 fully saturated rings. The van der Waals surface area contributed by atoms with Crippen LogP contribution in [0.5, 0.6) is 11.5 Å². The quantitative estimate of drug-likeness (QED) is 0.454. The zero-order valence-corrected chi connectivity index (χ0v) is 15.5. The number of carbonyl (C=O) groups is 2. The molecule has 0 unspecified atom stereocenters. The van der Waals surface area contributed by atoms with Crippen molar-refractivity contribution in [2.24, 2.45) is 0 Å². The third-order valence-electron chi connectivity index (χ3n) is 3.57. The first-order chi connectivity index (χ1) is 13.2.